The van der Waals surface area contributed by atoms with Crippen LogP contribution >= 0.6 is 0 Å². The van der Waals surface area contributed by atoms with E-state index in [1.54, 1.807) is 42.7 Å². The van der Waals surface area contributed by atoms with Gasteiger partial charge in [-0.3, -0.25) is 19.2 Å². The number of esters is 1. The van der Waals surface area contributed by atoms with Crippen molar-refractivity contribution in [3.8, 4) is 0 Å². The van der Waals surface area contributed by atoms with Gasteiger partial charge in [-0.2, -0.15) is 0 Å². The van der Waals surface area contributed by atoms with Gasteiger partial charge in [0.15, 0.2) is 0 Å². The Morgan fingerprint density at radius 3 is 2.54 bits per heavy atom. The number of carbonyl (C=O) groups is 1. The van der Waals surface area contributed by atoms with Gasteiger partial charge >= 0.3 is 5.97 Å². The van der Waals surface area contributed by atoms with Gasteiger partial charge in [-0.25, -0.2) is 14.8 Å². The number of nitro groups is 1. The number of anilines is 1. The van der Waals surface area contributed by atoms with Gasteiger partial charge in [-0.05, 0) is 44.0 Å². The van der Waals surface area contributed by atoms with Crippen molar-refractivity contribution < 1.29 is 18.7 Å². The number of nitrogens with zero attached hydrogens (tertiary/aromatic N) is 5. The molecule has 4 rings (SSSR count). The summed E-state index contributed by atoms with van der Waals surface area (Å²) in [5.41, 5.74) is 6.42. The van der Waals surface area contributed by atoms with Crippen LogP contribution < -0.4 is 16.0 Å². The highest BCUT2D eigenvalue weighted by atomic mass is 32.2. The SMILES string of the molecule is COC(=O)C1=C(N)NC(C)=C([N+](=O)[O-])C1c1ccccc1S(=O)CCCCN1CCN(c2ncccn2)CC1. The van der Waals surface area contributed by atoms with Crippen molar-refractivity contribution in [1.82, 2.24) is 20.2 Å². The summed E-state index contributed by atoms with van der Waals surface area (Å²) in [6, 6.07) is 8.59. The molecule has 2 aliphatic heterocycles. The lowest BCUT2D eigenvalue weighted by molar-refractivity contribution is -0.431. The predicted molar refractivity (Wildman–Crippen MR) is 146 cm³/mol. The fourth-order valence-corrected chi connectivity index (χ4v) is 6.32. The molecule has 3 N–H and O–H groups in total. The zero-order valence-corrected chi connectivity index (χ0v) is 22.9. The number of rotatable bonds is 10. The average Bonchev–Trinajstić information content (AvgIpc) is 2.95. The molecule has 2 aromatic rings. The van der Waals surface area contributed by atoms with Crippen LogP contribution in [0.1, 0.15) is 31.2 Å². The van der Waals surface area contributed by atoms with E-state index in [-0.39, 0.29) is 22.8 Å². The molecule has 0 spiro atoms. The molecular formula is C26H33N7O5S. The van der Waals surface area contributed by atoms with E-state index in [2.05, 4.69) is 25.1 Å². The average molecular weight is 556 g/mol. The third kappa shape index (κ3) is 6.42. The molecule has 3 heterocycles. The number of piperazine rings is 1. The Kier molecular flexibility index (Phi) is 9.25. The lowest BCUT2D eigenvalue weighted by atomic mass is 9.85. The number of hydrogen-bond acceptors (Lipinski definition) is 11. The summed E-state index contributed by atoms with van der Waals surface area (Å²) in [6.07, 6.45) is 5.07. The number of carbonyl (C=O) groups excluding carboxylic acids is 1. The Bertz CT molecular complexity index is 1290. The van der Waals surface area contributed by atoms with E-state index in [0.717, 1.165) is 45.1 Å². The minimum absolute atomic E-state index is 0.0190. The highest BCUT2D eigenvalue weighted by molar-refractivity contribution is 7.85. The van der Waals surface area contributed by atoms with Gasteiger partial charge in [0.25, 0.3) is 5.70 Å². The van der Waals surface area contributed by atoms with E-state index >= 15 is 0 Å². The van der Waals surface area contributed by atoms with Gasteiger partial charge < -0.3 is 20.7 Å². The van der Waals surface area contributed by atoms with Crippen LogP contribution in [-0.4, -0.2) is 75.6 Å². The maximum Gasteiger partial charge on any atom is 0.338 e. The second-order valence-corrected chi connectivity index (χ2v) is 10.9. The summed E-state index contributed by atoms with van der Waals surface area (Å²) < 4.78 is 18.3. The van der Waals surface area contributed by atoms with Crippen molar-refractivity contribution >= 4 is 22.7 Å². The first-order chi connectivity index (χ1) is 18.8. The number of allylic oxidation sites excluding steroid dienone is 2. The van der Waals surface area contributed by atoms with E-state index < -0.39 is 27.6 Å². The molecule has 2 unspecified atom stereocenters. The van der Waals surface area contributed by atoms with E-state index in [4.69, 9.17) is 10.5 Å². The maximum absolute atomic E-state index is 13.5. The number of nitrogens with one attached hydrogen (secondary N) is 1. The fourth-order valence-electron chi connectivity index (χ4n) is 4.96. The number of hydrogen-bond donors (Lipinski definition) is 2. The van der Waals surface area contributed by atoms with Crippen molar-refractivity contribution in [2.45, 2.75) is 30.6 Å². The van der Waals surface area contributed by atoms with Crippen molar-refractivity contribution in [2.24, 2.45) is 5.73 Å². The summed E-state index contributed by atoms with van der Waals surface area (Å²) in [4.78, 5) is 37.8. The molecule has 0 saturated carbocycles. The molecule has 208 valence electrons. The van der Waals surface area contributed by atoms with Crippen molar-refractivity contribution in [3.05, 3.63) is 81.2 Å². The van der Waals surface area contributed by atoms with Gasteiger partial charge in [-0.15, -0.1) is 0 Å². The summed E-state index contributed by atoms with van der Waals surface area (Å²) in [5.74, 6) is -0.773. The molecule has 0 aliphatic carbocycles. The Balaban J connectivity index is 1.41. The van der Waals surface area contributed by atoms with Gasteiger partial charge in [-0.1, -0.05) is 18.2 Å². The van der Waals surface area contributed by atoms with Crippen LogP contribution in [0.2, 0.25) is 0 Å². The normalized spacial score (nSPS) is 19.0. The highest BCUT2D eigenvalue weighted by Gasteiger charge is 2.42. The minimum Gasteiger partial charge on any atom is -0.466 e. The van der Waals surface area contributed by atoms with E-state index in [9.17, 15) is 19.1 Å². The second-order valence-electron chi connectivity index (χ2n) is 9.32. The van der Waals surface area contributed by atoms with Crippen molar-refractivity contribution in [2.75, 3.05) is 50.5 Å². The van der Waals surface area contributed by atoms with Gasteiger partial charge in [0, 0.05) is 49.2 Å². The molecule has 1 aromatic heterocycles. The topological polar surface area (TPSA) is 157 Å². The molecule has 39 heavy (non-hydrogen) atoms. The number of benzene rings is 1. The van der Waals surface area contributed by atoms with E-state index in [1.165, 1.54) is 14.0 Å². The number of nitrogens with two attached hydrogens (primary N) is 1. The summed E-state index contributed by atoms with van der Waals surface area (Å²) in [6.45, 7) is 5.92. The number of unbranched alkanes of at least 4 members (excludes halogenated alkanes) is 1. The van der Waals surface area contributed by atoms with Crippen molar-refractivity contribution in [3.63, 3.8) is 0 Å². The largest absolute Gasteiger partial charge is 0.466 e. The van der Waals surface area contributed by atoms with Gasteiger partial charge in [0.2, 0.25) is 5.95 Å². The minimum atomic E-state index is -1.44. The zero-order valence-electron chi connectivity index (χ0n) is 22.0. The number of aromatic nitrogens is 2. The summed E-state index contributed by atoms with van der Waals surface area (Å²) in [5, 5.41) is 14.8. The zero-order chi connectivity index (χ0) is 27.9. The third-order valence-corrected chi connectivity index (χ3v) is 8.42. The quantitative estimate of drug-likeness (QED) is 0.190. The lowest BCUT2D eigenvalue weighted by Crippen LogP contribution is -2.47. The van der Waals surface area contributed by atoms with Crippen LogP contribution in [0.3, 0.4) is 0 Å². The van der Waals surface area contributed by atoms with Crippen LogP contribution in [-0.2, 0) is 20.3 Å². The van der Waals surface area contributed by atoms with Crippen LogP contribution in [0.15, 0.2) is 70.4 Å². The molecular weight excluding hydrogens is 522 g/mol. The maximum atomic E-state index is 13.5. The molecule has 1 fully saturated rings. The predicted octanol–water partition coefficient (Wildman–Crippen LogP) is 1.72. The van der Waals surface area contributed by atoms with Crippen LogP contribution in [0, 0.1) is 10.1 Å². The van der Waals surface area contributed by atoms with Crippen LogP contribution in [0.4, 0.5) is 5.95 Å². The standard InChI is InChI=1S/C26H33N7O5S/c1-18-23(33(35)36)21(22(24(27)30-18)25(34)38-2)19-8-3-4-9-20(19)39(37)17-6-5-12-31-13-15-32(16-14-31)26-28-10-7-11-29-26/h3-4,7-11,21,30H,5-6,12-17,27H2,1-2H3. The molecule has 1 aromatic carbocycles. The summed E-state index contributed by atoms with van der Waals surface area (Å²) >= 11 is 0. The molecule has 13 heteroatoms. The Morgan fingerprint density at radius 2 is 1.87 bits per heavy atom. The molecule has 1 saturated heterocycles. The molecule has 12 nitrogen and oxygen atoms in total. The Morgan fingerprint density at radius 1 is 1.18 bits per heavy atom. The summed E-state index contributed by atoms with van der Waals surface area (Å²) in [7, 11) is -0.248. The molecule has 0 amide bonds. The first kappa shape index (κ1) is 28.2. The lowest BCUT2D eigenvalue weighted by Gasteiger charge is -2.34. The van der Waals surface area contributed by atoms with E-state index in [1.807, 2.05) is 0 Å². The van der Waals surface area contributed by atoms with Crippen LogP contribution in [0.25, 0.3) is 0 Å². The first-order valence-corrected chi connectivity index (χ1v) is 14.1. The third-order valence-electron chi connectivity index (χ3n) is 6.90. The first-order valence-electron chi connectivity index (χ1n) is 12.7. The fraction of sp³-hybridized carbons (Fsp3) is 0.423. The number of methoxy groups -OCH3 is 1. The number of ether oxygens (including phenoxy) is 1. The molecule has 2 atom stereocenters. The molecule has 2 aliphatic rings. The van der Waals surface area contributed by atoms with Gasteiger partial charge in [0.05, 0.1) is 34.1 Å². The van der Waals surface area contributed by atoms with Crippen molar-refractivity contribution in [1.29, 1.82) is 0 Å². The Labute approximate surface area is 229 Å². The monoisotopic (exact) mass is 555 g/mol. The highest BCUT2D eigenvalue weighted by Crippen LogP contribution is 2.40. The Hall–Kier alpha value is -3.84. The molecule has 0 bridgehead atoms. The molecule has 0 radical (unpaired) electrons. The van der Waals surface area contributed by atoms with Gasteiger partial charge in [0.1, 0.15) is 11.7 Å². The number of dihydropyridines is 1. The smallest absolute Gasteiger partial charge is 0.338 e. The van der Waals surface area contributed by atoms with Crippen LogP contribution in [0.5, 0.6) is 0 Å². The second kappa shape index (κ2) is 12.8. The van der Waals surface area contributed by atoms with E-state index in [0.29, 0.717) is 22.6 Å².